The van der Waals surface area contributed by atoms with Crippen molar-refractivity contribution in [2.45, 2.75) is 18.9 Å². The first kappa shape index (κ1) is 19.3. The number of rotatable bonds is 4. The zero-order valence-corrected chi connectivity index (χ0v) is 16.0. The topological polar surface area (TPSA) is 32.8 Å². The van der Waals surface area contributed by atoms with Crippen molar-refractivity contribution in [2.24, 2.45) is 0 Å². The van der Waals surface area contributed by atoms with Gasteiger partial charge in [0, 0.05) is 25.0 Å². The van der Waals surface area contributed by atoms with E-state index < -0.39 is 17.5 Å². The molecular formula is C21H24F2N2O2. The zero-order chi connectivity index (χ0) is 19.7. The van der Waals surface area contributed by atoms with Gasteiger partial charge in [-0.25, -0.2) is 8.78 Å². The Balaban J connectivity index is 1.93. The van der Waals surface area contributed by atoms with E-state index in [9.17, 15) is 13.6 Å². The number of carbonyl (C=O) groups is 1. The molecular weight excluding hydrogens is 350 g/mol. The van der Waals surface area contributed by atoms with E-state index in [1.165, 1.54) is 13.2 Å². The van der Waals surface area contributed by atoms with Crippen LogP contribution in [0.1, 0.15) is 27.4 Å². The van der Waals surface area contributed by atoms with Gasteiger partial charge in [0.05, 0.1) is 7.11 Å². The van der Waals surface area contributed by atoms with Crippen molar-refractivity contribution in [2.75, 3.05) is 34.3 Å². The first-order valence-corrected chi connectivity index (χ1v) is 8.87. The number of aryl methyl sites for hydroxylation is 1. The van der Waals surface area contributed by atoms with Crippen LogP contribution in [0, 0.1) is 18.6 Å². The molecule has 4 nitrogen and oxygen atoms in total. The number of halogens is 2. The van der Waals surface area contributed by atoms with Crippen molar-refractivity contribution < 1.29 is 18.3 Å². The average molecular weight is 374 g/mol. The van der Waals surface area contributed by atoms with Gasteiger partial charge in [-0.15, -0.1) is 0 Å². The predicted octanol–water partition coefficient (Wildman–Crippen LogP) is 3.45. The van der Waals surface area contributed by atoms with Crippen LogP contribution in [0.5, 0.6) is 5.75 Å². The Morgan fingerprint density at radius 3 is 2.37 bits per heavy atom. The van der Waals surface area contributed by atoms with Crippen molar-refractivity contribution in [3.8, 4) is 5.75 Å². The lowest BCUT2D eigenvalue weighted by Crippen LogP contribution is -2.36. The van der Waals surface area contributed by atoms with Gasteiger partial charge in [-0.05, 0) is 38.7 Å². The van der Waals surface area contributed by atoms with Crippen LogP contribution in [0.3, 0.4) is 0 Å². The van der Waals surface area contributed by atoms with Crippen molar-refractivity contribution in [1.82, 2.24) is 9.80 Å². The summed E-state index contributed by atoms with van der Waals surface area (Å²) in [6.07, 6.45) is 0. The van der Waals surface area contributed by atoms with Crippen LogP contribution in [0.2, 0.25) is 0 Å². The highest BCUT2D eigenvalue weighted by Crippen LogP contribution is 2.33. The minimum Gasteiger partial charge on any atom is -0.496 e. The summed E-state index contributed by atoms with van der Waals surface area (Å²) < 4.78 is 33.2. The Morgan fingerprint density at radius 1 is 1.11 bits per heavy atom. The van der Waals surface area contributed by atoms with Crippen LogP contribution in [-0.2, 0) is 0 Å². The number of benzene rings is 2. The molecule has 0 bridgehead atoms. The van der Waals surface area contributed by atoms with E-state index in [1.807, 2.05) is 33.2 Å². The maximum absolute atomic E-state index is 14.4. The molecule has 1 amide bonds. The maximum Gasteiger partial charge on any atom is 0.260 e. The number of likely N-dealkylation sites (tertiary alicyclic amines) is 1. The van der Waals surface area contributed by atoms with Gasteiger partial charge in [-0.1, -0.05) is 29.8 Å². The summed E-state index contributed by atoms with van der Waals surface area (Å²) in [6, 6.07) is 10.5. The lowest BCUT2D eigenvalue weighted by atomic mass is 9.93. The number of ether oxygens (including phenoxy) is 1. The molecule has 27 heavy (non-hydrogen) atoms. The summed E-state index contributed by atoms with van der Waals surface area (Å²) >= 11 is 0. The number of hydrogen-bond acceptors (Lipinski definition) is 3. The van der Waals surface area contributed by atoms with Crippen molar-refractivity contribution in [1.29, 1.82) is 0 Å². The summed E-state index contributed by atoms with van der Waals surface area (Å²) in [5.41, 5.74) is 1.94. The van der Waals surface area contributed by atoms with Crippen LogP contribution < -0.4 is 4.74 Å². The molecule has 1 aliphatic rings. The predicted molar refractivity (Wildman–Crippen MR) is 100 cm³/mol. The molecule has 0 aliphatic carbocycles. The number of methoxy groups -OCH3 is 1. The standard InChI is InChI=1S/C21H24F2N2O2/c1-13-5-7-14(8-6-13)15-11-25(12-17(15)24(2)3)21(26)19-18(27-4)10-9-16(22)20(19)23/h5-10,15,17H,11-12H2,1-4H3/t15-,17+/m0/s1. The lowest BCUT2D eigenvalue weighted by Gasteiger charge is -2.25. The third-order valence-corrected chi connectivity index (χ3v) is 5.24. The fourth-order valence-corrected chi connectivity index (χ4v) is 3.68. The highest BCUT2D eigenvalue weighted by Gasteiger charge is 2.39. The van der Waals surface area contributed by atoms with Crippen molar-refractivity contribution in [3.05, 3.63) is 64.7 Å². The van der Waals surface area contributed by atoms with E-state index >= 15 is 0 Å². The second-order valence-electron chi connectivity index (χ2n) is 7.20. The number of likely N-dealkylation sites (N-methyl/N-ethyl adjacent to an activating group) is 1. The molecule has 0 N–H and O–H groups in total. The Labute approximate surface area is 158 Å². The van der Waals surface area contributed by atoms with E-state index in [0.717, 1.165) is 17.2 Å². The van der Waals surface area contributed by atoms with Crippen LogP contribution in [0.4, 0.5) is 8.78 Å². The molecule has 0 saturated carbocycles. The average Bonchev–Trinajstić information content (AvgIpc) is 3.09. The molecule has 144 valence electrons. The molecule has 0 spiro atoms. The first-order valence-electron chi connectivity index (χ1n) is 8.87. The van der Waals surface area contributed by atoms with Crippen LogP contribution >= 0.6 is 0 Å². The second-order valence-corrected chi connectivity index (χ2v) is 7.20. The Bertz CT molecular complexity index is 837. The first-order chi connectivity index (χ1) is 12.8. The molecule has 0 aromatic heterocycles. The van der Waals surface area contributed by atoms with E-state index in [-0.39, 0.29) is 23.3 Å². The molecule has 0 radical (unpaired) electrons. The van der Waals surface area contributed by atoms with E-state index in [1.54, 1.807) is 4.90 Å². The molecule has 2 aromatic rings. The Hall–Kier alpha value is -2.47. The maximum atomic E-state index is 14.4. The van der Waals surface area contributed by atoms with Gasteiger partial charge in [-0.2, -0.15) is 0 Å². The summed E-state index contributed by atoms with van der Waals surface area (Å²) in [5.74, 6) is -2.64. The Morgan fingerprint density at radius 2 is 1.78 bits per heavy atom. The summed E-state index contributed by atoms with van der Waals surface area (Å²) in [4.78, 5) is 16.7. The van der Waals surface area contributed by atoms with Gasteiger partial charge in [-0.3, -0.25) is 4.79 Å². The minimum atomic E-state index is -1.17. The largest absolute Gasteiger partial charge is 0.496 e. The van der Waals surface area contributed by atoms with Crippen molar-refractivity contribution in [3.63, 3.8) is 0 Å². The van der Waals surface area contributed by atoms with Crippen LogP contribution in [0.15, 0.2) is 36.4 Å². The van der Waals surface area contributed by atoms with Gasteiger partial charge in [0.25, 0.3) is 5.91 Å². The van der Waals surface area contributed by atoms with Gasteiger partial charge >= 0.3 is 0 Å². The number of hydrogen-bond donors (Lipinski definition) is 0. The van der Waals surface area contributed by atoms with Crippen LogP contribution in [-0.4, -0.2) is 56.0 Å². The third-order valence-electron chi connectivity index (χ3n) is 5.24. The monoisotopic (exact) mass is 374 g/mol. The van der Waals surface area contributed by atoms with Gasteiger partial charge in [0.2, 0.25) is 0 Å². The molecule has 1 heterocycles. The summed E-state index contributed by atoms with van der Waals surface area (Å²) in [6.45, 7) is 2.89. The fraction of sp³-hybridized carbons (Fsp3) is 0.381. The summed E-state index contributed by atoms with van der Waals surface area (Å²) in [5, 5.41) is 0. The minimum absolute atomic E-state index is 0.0408. The number of carbonyl (C=O) groups excluding carboxylic acids is 1. The molecule has 1 aliphatic heterocycles. The smallest absolute Gasteiger partial charge is 0.260 e. The normalized spacial score (nSPS) is 19.6. The Kier molecular flexibility index (Phi) is 5.46. The molecule has 3 rings (SSSR count). The zero-order valence-electron chi connectivity index (χ0n) is 16.0. The van der Waals surface area contributed by atoms with Gasteiger partial charge in [0.15, 0.2) is 11.6 Å². The van der Waals surface area contributed by atoms with Gasteiger partial charge < -0.3 is 14.5 Å². The number of nitrogens with zero attached hydrogens (tertiary/aromatic N) is 2. The highest BCUT2D eigenvalue weighted by atomic mass is 19.2. The van der Waals surface area contributed by atoms with Crippen molar-refractivity contribution >= 4 is 5.91 Å². The van der Waals surface area contributed by atoms with E-state index in [2.05, 4.69) is 17.0 Å². The quantitative estimate of drug-likeness (QED) is 0.822. The van der Waals surface area contributed by atoms with E-state index in [4.69, 9.17) is 4.74 Å². The third kappa shape index (κ3) is 3.67. The summed E-state index contributed by atoms with van der Waals surface area (Å²) in [7, 11) is 5.26. The number of amides is 1. The molecule has 2 atom stereocenters. The fourth-order valence-electron chi connectivity index (χ4n) is 3.68. The van der Waals surface area contributed by atoms with Gasteiger partial charge in [0.1, 0.15) is 11.3 Å². The molecule has 1 saturated heterocycles. The molecule has 6 heteroatoms. The highest BCUT2D eigenvalue weighted by molar-refractivity contribution is 5.97. The van der Waals surface area contributed by atoms with Crippen LogP contribution in [0.25, 0.3) is 0 Å². The van der Waals surface area contributed by atoms with E-state index in [0.29, 0.717) is 13.1 Å². The molecule has 2 aromatic carbocycles. The SMILES string of the molecule is COc1ccc(F)c(F)c1C(=O)N1C[C@@H](N(C)C)[C@H](c2ccc(C)cc2)C1. The molecule has 0 unspecified atom stereocenters. The second kappa shape index (κ2) is 7.64. The lowest BCUT2D eigenvalue weighted by molar-refractivity contribution is 0.0773. The molecule has 1 fully saturated rings.